The fourth-order valence-electron chi connectivity index (χ4n) is 0.931. The average molecular weight is 341 g/mol. The lowest BCUT2D eigenvalue weighted by atomic mass is 10.1. The highest BCUT2D eigenvalue weighted by atomic mass is 127. The molecule has 84 valence electrons. The van der Waals surface area contributed by atoms with Crippen molar-refractivity contribution in [2.24, 2.45) is 0 Å². The Kier molecular flexibility index (Phi) is 3.46. The molecule has 0 saturated carbocycles. The molecule has 0 aromatic carbocycles. The smallest absolute Gasteiger partial charge is 0.227 e. The van der Waals surface area contributed by atoms with Gasteiger partial charge in [0.15, 0.2) is 0 Å². The molecule has 0 aliphatic rings. The van der Waals surface area contributed by atoms with Crippen molar-refractivity contribution in [2.45, 2.75) is 12.6 Å². The van der Waals surface area contributed by atoms with Gasteiger partial charge in [-0.15, -0.1) is 0 Å². The zero-order valence-corrected chi connectivity index (χ0v) is 8.91. The van der Waals surface area contributed by atoms with Crippen LogP contribution in [0.1, 0.15) is 17.6 Å². The first-order valence-electron chi connectivity index (χ1n) is 3.44. The molecule has 1 aromatic heterocycles. The first-order valence-corrected chi connectivity index (χ1v) is 4.52. The zero-order chi connectivity index (χ0) is 11.8. The Hall–Kier alpha value is -0.540. The minimum absolute atomic E-state index is 0.199. The molecule has 0 aliphatic carbocycles. The van der Waals surface area contributed by atoms with E-state index in [-0.39, 0.29) is 6.20 Å². The van der Waals surface area contributed by atoms with E-state index in [1.165, 1.54) is 0 Å². The molecule has 0 fully saturated rings. The van der Waals surface area contributed by atoms with E-state index >= 15 is 0 Å². The van der Waals surface area contributed by atoms with E-state index in [0.29, 0.717) is 0 Å². The van der Waals surface area contributed by atoms with Crippen LogP contribution in [0.2, 0.25) is 0 Å². The van der Waals surface area contributed by atoms with Gasteiger partial charge in [0.2, 0.25) is 5.95 Å². The third kappa shape index (κ3) is 2.52. The van der Waals surface area contributed by atoms with Crippen LogP contribution in [0.5, 0.6) is 0 Å². The van der Waals surface area contributed by atoms with Gasteiger partial charge in [-0.3, -0.25) is 0 Å². The maximum absolute atomic E-state index is 12.7. The Balaban J connectivity index is 3.49. The topological polar surface area (TPSA) is 12.9 Å². The van der Waals surface area contributed by atoms with Crippen molar-refractivity contribution in [3.8, 4) is 0 Å². The van der Waals surface area contributed by atoms with Crippen molar-refractivity contribution in [3.05, 3.63) is 26.8 Å². The van der Waals surface area contributed by atoms with E-state index in [2.05, 4.69) is 4.98 Å². The SMILES string of the molecule is Fc1ncc(C(F)F)c(C(F)(F)F)c1I. The maximum atomic E-state index is 12.7. The van der Waals surface area contributed by atoms with Crippen LogP contribution in [0.3, 0.4) is 0 Å². The monoisotopic (exact) mass is 341 g/mol. The molecular formula is C7H2F6IN. The molecule has 1 nitrogen and oxygen atoms in total. The number of hydrogen-bond acceptors (Lipinski definition) is 1. The van der Waals surface area contributed by atoms with E-state index in [4.69, 9.17) is 0 Å². The van der Waals surface area contributed by atoms with E-state index in [0.717, 1.165) is 22.6 Å². The Labute approximate surface area is 93.6 Å². The van der Waals surface area contributed by atoms with Crippen LogP contribution < -0.4 is 0 Å². The summed E-state index contributed by atoms with van der Waals surface area (Å²) in [4.78, 5) is 2.82. The van der Waals surface area contributed by atoms with Crippen LogP contribution in [0.4, 0.5) is 26.3 Å². The minimum atomic E-state index is -5.02. The third-order valence-electron chi connectivity index (χ3n) is 1.52. The summed E-state index contributed by atoms with van der Waals surface area (Å²) in [5.41, 5.74) is -2.97. The molecular weight excluding hydrogens is 339 g/mol. The molecule has 0 atom stereocenters. The fourth-order valence-corrected chi connectivity index (χ4v) is 1.69. The molecule has 1 heterocycles. The second-order valence-corrected chi connectivity index (χ2v) is 3.57. The lowest BCUT2D eigenvalue weighted by Gasteiger charge is -2.13. The summed E-state index contributed by atoms with van der Waals surface area (Å²) < 4.78 is 73.1. The summed E-state index contributed by atoms with van der Waals surface area (Å²) in [6, 6.07) is 0. The Bertz CT molecular complexity index is 374. The highest BCUT2D eigenvalue weighted by Gasteiger charge is 2.39. The largest absolute Gasteiger partial charge is 0.418 e. The lowest BCUT2D eigenvalue weighted by molar-refractivity contribution is -0.140. The lowest BCUT2D eigenvalue weighted by Crippen LogP contribution is -2.14. The molecule has 0 unspecified atom stereocenters. The Morgan fingerprint density at radius 3 is 2.20 bits per heavy atom. The number of rotatable bonds is 1. The molecule has 0 bridgehead atoms. The number of alkyl halides is 5. The first-order chi connectivity index (χ1) is 6.75. The van der Waals surface area contributed by atoms with Gasteiger partial charge in [0.25, 0.3) is 6.43 Å². The van der Waals surface area contributed by atoms with Gasteiger partial charge in [0.1, 0.15) is 0 Å². The van der Waals surface area contributed by atoms with Crippen molar-refractivity contribution >= 4 is 22.6 Å². The van der Waals surface area contributed by atoms with Crippen LogP contribution in [0.15, 0.2) is 6.20 Å². The number of pyridine rings is 1. The van der Waals surface area contributed by atoms with Gasteiger partial charge >= 0.3 is 6.18 Å². The zero-order valence-electron chi connectivity index (χ0n) is 6.75. The van der Waals surface area contributed by atoms with E-state index in [1.54, 1.807) is 0 Å². The van der Waals surface area contributed by atoms with Gasteiger partial charge in [-0.25, -0.2) is 13.8 Å². The molecule has 0 saturated heterocycles. The quantitative estimate of drug-likeness (QED) is 0.430. The van der Waals surface area contributed by atoms with Gasteiger partial charge in [-0.1, -0.05) is 0 Å². The predicted octanol–water partition coefficient (Wildman–Crippen LogP) is 3.78. The molecule has 8 heteroatoms. The Morgan fingerprint density at radius 2 is 1.80 bits per heavy atom. The van der Waals surface area contributed by atoms with Gasteiger partial charge in [0.05, 0.1) is 9.13 Å². The summed E-state index contributed by atoms with van der Waals surface area (Å²) in [6.07, 6.45) is -8.17. The summed E-state index contributed by atoms with van der Waals surface area (Å²) >= 11 is 0.998. The van der Waals surface area contributed by atoms with Crippen molar-refractivity contribution in [1.82, 2.24) is 4.98 Å². The summed E-state index contributed by atoms with van der Waals surface area (Å²) in [6.45, 7) is 0. The normalized spacial score (nSPS) is 12.3. The van der Waals surface area contributed by atoms with Gasteiger partial charge < -0.3 is 0 Å². The van der Waals surface area contributed by atoms with E-state index < -0.39 is 33.2 Å². The highest BCUT2D eigenvalue weighted by molar-refractivity contribution is 14.1. The number of nitrogens with zero attached hydrogens (tertiary/aromatic N) is 1. The standard InChI is InChI=1S/C7H2F6IN/c8-5(9)2-1-15-6(10)4(14)3(2)7(11,12)13/h1,5H. The molecule has 0 spiro atoms. The molecule has 0 amide bonds. The van der Waals surface area contributed by atoms with E-state index in [1.807, 2.05) is 0 Å². The number of hydrogen-bond donors (Lipinski definition) is 0. The van der Waals surface area contributed by atoms with Crippen LogP contribution in [-0.4, -0.2) is 4.98 Å². The van der Waals surface area contributed by atoms with Crippen LogP contribution >= 0.6 is 22.6 Å². The minimum Gasteiger partial charge on any atom is -0.227 e. The second kappa shape index (κ2) is 4.14. The average Bonchev–Trinajstić information content (AvgIpc) is 2.06. The summed E-state index contributed by atoms with van der Waals surface area (Å²) in [5, 5.41) is 0. The molecule has 1 aromatic rings. The summed E-state index contributed by atoms with van der Waals surface area (Å²) in [7, 11) is 0. The van der Waals surface area contributed by atoms with Crippen molar-refractivity contribution < 1.29 is 26.3 Å². The number of aromatic nitrogens is 1. The van der Waals surface area contributed by atoms with Crippen LogP contribution in [0.25, 0.3) is 0 Å². The highest BCUT2D eigenvalue weighted by Crippen LogP contribution is 2.39. The van der Waals surface area contributed by atoms with E-state index in [9.17, 15) is 26.3 Å². The third-order valence-corrected chi connectivity index (χ3v) is 2.51. The predicted molar refractivity (Wildman–Crippen MR) is 46.9 cm³/mol. The van der Waals surface area contributed by atoms with Crippen molar-refractivity contribution in [2.75, 3.05) is 0 Å². The maximum Gasteiger partial charge on any atom is 0.418 e. The first kappa shape index (κ1) is 12.5. The fraction of sp³-hybridized carbons (Fsp3) is 0.286. The molecule has 0 N–H and O–H groups in total. The van der Waals surface area contributed by atoms with Crippen LogP contribution in [0, 0.1) is 9.52 Å². The summed E-state index contributed by atoms with van der Waals surface area (Å²) in [5.74, 6) is -1.41. The molecule has 15 heavy (non-hydrogen) atoms. The molecule has 0 aliphatic heterocycles. The number of halogens is 7. The van der Waals surface area contributed by atoms with Crippen molar-refractivity contribution in [3.63, 3.8) is 0 Å². The van der Waals surface area contributed by atoms with Gasteiger partial charge in [0, 0.05) is 11.8 Å². The Morgan fingerprint density at radius 1 is 1.27 bits per heavy atom. The molecule has 0 radical (unpaired) electrons. The van der Waals surface area contributed by atoms with Crippen LogP contribution in [-0.2, 0) is 6.18 Å². The second-order valence-electron chi connectivity index (χ2n) is 2.49. The van der Waals surface area contributed by atoms with Crippen molar-refractivity contribution in [1.29, 1.82) is 0 Å². The molecule has 1 rings (SSSR count). The van der Waals surface area contributed by atoms with Gasteiger partial charge in [-0.2, -0.15) is 17.6 Å². The van der Waals surface area contributed by atoms with Gasteiger partial charge in [-0.05, 0) is 22.6 Å².